The molecule has 1 saturated carbocycles. The third-order valence-corrected chi connectivity index (χ3v) is 6.20. The van der Waals surface area contributed by atoms with Crippen LogP contribution in [0.2, 0.25) is 0 Å². The van der Waals surface area contributed by atoms with Crippen LogP contribution >= 0.6 is 0 Å². The maximum Gasteiger partial charge on any atom is 0.241 e. The van der Waals surface area contributed by atoms with E-state index >= 15 is 0 Å². The van der Waals surface area contributed by atoms with Crippen LogP contribution in [0, 0.1) is 19.8 Å². The van der Waals surface area contributed by atoms with Gasteiger partial charge in [-0.1, -0.05) is 18.6 Å². The smallest absolute Gasteiger partial charge is 0.241 e. The third kappa shape index (κ3) is 2.70. The number of benzene rings is 1. The van der Waals surface area contributed by atoms with E-state index in [0.717, 1.165) is 26.2 Å². The van der Waals surface area contributed by atoms with Crippen LogP contribution in [-0.4, -0.2) is 49.1 Å². The van der Waals surface area contributed by atoms with Gasteiger partial charge in [0.05, 0.1) is 0 Å². The first kappa shape index (κ1) is 15.9. The third-order valence-electron chi connectivity index (χ3n) is 6.20. The maximum absolute atomic E-state index is 12.9. The molecular formula is C19H28N4O. The van der Waals surface area contributed by atoms with Crippen LogP contribution in [0.5, 0.6) is 0 Å². The molecule has 0 aromatic heterocycles. The van der Waals surface area contributed by atoms with Crippen LogP contribution in [0.15, 0.2) is 18.2 Å². The van der Waals surface area contributed by atoms with E-state index < -0.39 is 0 Å². The van der Waals surface area contributed by atoms with Gasteiger partial charge in [0, 0.05) is 43.8 Å². The van der Waals surface area contributed by atoms with Crippen LogP contribution in [-0.2, 0) is 4.79 Å². The number of carbonyl (C=O) groups is 1. The molecule has 1 aromatic carbocycles. The van der Waals surface area contributed by atoms with Gasteiger partial charge < -0.3 is 9.80 Å². The quantitative estimate of drug-likeness (QED) is 0.866. The van der Waals surface area contributed by atoms with Gasteiger partial charge in [-0.25, -0.2) is 5.43 Å². The van der Waals surface area contributed by atoms with Gasteiger partial charge in [-0.15, -0.1) is 0 Å². The van der Waals surface area contributed by atoms with Crippen molar-refractivity contribution >= 4 is 11.6 Å². The highest BCUT2D eigenvalue weighted by Crippen LogP contribution is 2.32. The fourth-order valence-corrected chi connectivity index (χ4v) is 4.56. The molecule has 2 heterocycles. The van der Waals surface area contributed by atoms with E-state index in [1.165, 1.54) is 36.1 Å². The van der Waals surface area contributed by atoms with Crippen LogP contribution in [0.4, 0.5) is 5.69 Å². The Kier molecular flexibility index (Phi) is 4.22. The summed E-state index contributed by atoms with van der Waals surface area (Å²) < 4.78 is 0. The molecule has 4 rings (SSSR count). The van der Waals surface area contributed by atoms with E-state index in [1.807, 2.05) is 0 Å². The number of nitrogens with zero attached hydrogens (tertiary/aromatic N) is 2. The van der Waals surface area contributed by atoms with Gasteiger partial charge in [-0.05, 0) is 43.9 Å². The first-order chi connectivity index (χ1) is 11.6. The second-order valence-electron chi connectivity index (χ2n) is 7.50. The lowest BCUT2D eigenvalue weighted by molar-refractivity contribution is -0.134. The summed E-state index contributed by atoms with van der Waals surface area (Å²) >= 11 is 0. The second-order valence-corrected chi connectivity index (χ2v) is 7.50. The Balaban J connectivity index is 1.39. The van der Waals surface area contributed by atoms with Crippen molar-refractivity contribution in [2.45, 2.75) is 45.2 Å². The minimum atomic E-state index is -0.0234. The summed E-state index contributed by atoms with van der Waals surface area (Å²) in [4.78, 5) is 17.4. The molecule has 1 aliphatic carbocycles. The molecule has 24 heavy (non-hydrogen) atoms. The van der Waals surface area contributed by atoms with Crippen LogP contribution in [0.1, 0.15) is 30.4 Å². The minimum absolute atomic E-state index is 0.0234. The van der Waals surface area contributed by atoms with Crippen molar-refractivity contribution in [2.75, 3.05) is 31.1 Å². The largest absolute Gasteiger partial charge is 0.368 e. The molecule has 0 spiro atoms. The van der Waals surface area contributed by atoms with Crippen LogP contribution < -0.4 is 15.8 Å². The molecule has 2 N–H and O–H groups in total. The number of carbonyl (C=O) groups excluding carboxylic acids is 1. The predicted molar refractivity (Wildman–Crippen MR) is 95.9 cm³/mol. The van der Waals surface area contributed by atoms with Gasteiger partial charge in [0.25, 0.3) is 0 Å². The summed E-state index contributed by atoms with van der Waals surface area (Å²) in [6.07, 6.45) is 3.61. The zero-order chi connectivity index (χ0) is 16.7. The average molecular weight is 328 g/mol. The van der Waals surface area contributed by atoms with Crippen LogP contribution in [0.25, 0.3) is 0 Å². The van der Waals surface area contributed by atoms with Gasteiger partial charge in [-0.2, -0.15) is 0 Å². The summed E-state index contributed by atoms with van der Waals surface area (Å²) in [6, 6.07) is 6.96. The molecule has 2 saturated heterocycles. The zero-order valence-corrected chi connectivity index (χ0v) is 14.7. The van der Waals surface area contributed by atoms with Crippen molar-refractivity contribution in [3.63, 3.8) is 0 Å². The number of piperazine rings is 1. The number of anilines is 1. The van der Waals surface area contributed by atoms with Crippen molar-refractivity contribution < 1.29 is 4.79 Å². The molecule has 3 fully saturated rings. The van der Waals surface area contributed by atoms with E-state index in [4.69, 9.17) is 0 Å². The SMILES string of the molecule is Cc1cccc(N2CCN(C(=O)C3NNC4CCCC43)CC2)c1C. The Labute approximate surface area is 144 Å². The summed E-state index contributed by atoms with van der Waals surface area (Å²) in [5.74, 6) is 0.770. The average Bonchev–Trinajstić information content (AvgIpc) is 3.20. The molecule has 1 aromatic rings. The fourth-order valence-electron chi connectivity index (χ4n) is 4.56. The van der Waals surface area contributed by atoms with E-state index in [0.29, 0.717) is 12.0 Å². The molecule has 5 heteroatoms. The van der Waals surface area contributed by atoms with E-state index in [9.17, 15) is 4.79 Å². The highest BCUT2D eigenvalue weighted by Gasteiger charge is 2.44. The molecule has 3 unspecified atom stereocenters. The number of amides is 1. The van der Waals surface area contributed by atoms with Crippen molar-refractivity contribution in [2.24, 2.45) is 5.92 Å². The van der Waals surface area contributed by atoms with Crippen molar-refractivity contribution in [1.82, 2.24) is 15.8 Å². The first-order valence-electron chi connectivity index (χ1n) is 9.26. The molecule has 3 atom stereocenters. The van der Waals surface area contributed by atoms with Gasteiger partial charge >= 0.3 is 0 Å². The summed E-state index contributed by atoms with van der Waals surface area (Å²) in [6.45, 7) is 7.84. The second kappa shape index (κ2) is 6.37. The molecular weight excluding hydrogens is 300 g/mol. The van der Waals surface area contributed by atoms with Crippen LogP contribution in [0.3, 0.4) is 0 Å². The number of aryl methyl sites for hydroxylation is 1. The Morgan fingerprint density at radius 1 is 1.08 bits per heavy atom. The number of hydrogen-bond acceptors (Lipinski definition) is 4. The number of nitrogens with one attached hydrogen (secondary N) is 2. The van der Waals surface area contributed by atoms with Gasteiger partial charge in [-0.3, -0.25) is 10.2 Å². The fraction of sp³-hybridized carbons (Fsp3) is 0.632. The lowest BCUT2D eigenvalue weighted by Gasteiger charge is -2.38. The lowest BCUT2D eigenvalue weighted by atomic mass is 9.96. The molecule has 2 aliphatic heterocycles. The number of rotatable bonds is 2. The maximum atomic E-state index is 12.9. The minimum Gasteiger partial charge on any atom is -0.368 e. The van der Waals surface area contributed by atoms with Crippen molar-refractivity contribution in [1.29, 1.82) is 0 Å². The van der Waals surface area contributed by atoms with Crippen molar-refractivity contribution in [3.8, 4) is 0 Å². The summed E-state index contributed by atoms with van der Waals surface area (Å²) in [7, 11) is 0. The number of hydrazine groups is 1. The number of hydrogen-bond donors (Lipinski definition) is 2. The Morgan fingerprint density at radius 3 is 2.67 bits per heavy atom. The summed E-state index contributed by atoms with van der Waals surface area (Å²) in [5, 5.41) is 0. The highest BCUT2D eigenvalue weighted by atomic mass is 16.2. The van der Waals surface area contributed by atoms with Gasteiger partial charge in [0.1, 0.15) is 6.04 Å². The molecule has 0 radical (unpaired) electrons. The summed E-state index contributed by atoms with van der Waals surface area (Å²) in [5.41, 5.74) is 10.6. The monoisotopic (exact) mass is 328 g/mol. The predicted octanol–water partition coefficient (Wildman–Crippen LogP) is 1.60. The number of fused-ring (bicyclic) bond motifs is 1. The topological polar surface area (TPSA) is 47.6 Å². The van der Waals surface area contributed by atoms with Gasteiger partial charge in [0.15, 0.2) is 0 Å². The first-order valence-corrected chi connectivity index (χ1v) is 9.26. The van der Waals surface area contributed by atoms with E-state index in [-0.39, 0.29) is 11.9 Å². The molecule has 0 bridgehead atoms. The highest BCUT2D eigenvalue weighted by molar-refractivity contribution is 5.83. The van der Waals surface area contributed by atoms with E-state index in [2.05, 4.69) is 52.7 Å². The van der Waals surface area contributed by atoms with Crippen molar-refractivity contribution in [3.05, 3.63) is 29.3 Å². The molecule has 5 nitrogen and oxygen atoms in total. The molecule has 1 amide bonds. The zero-order valence-electron chi connectivity index (χ0n) is 14.7. The Morgan fingerprint density at radius 2 is 1.88 bits per heavy atom. The Hall–Kier alpha value is -1.59. The molecule has 130 valence electrons. The standard InChI is InChI=1S/C19H28N4O/c1-13-5-3-8-17(14(13)2)22-9-11-23(12-10-22)19(24)18-15-6-4-7-16(15)20-21-18/h3,5,8,15-16,18,20-21H,4,6-7,9-12H2,1-2H3. The lowest BCUT2D eigenvalue weighted by Crippen LogP contribution is -2.55. The van der Waals surface area contributed by atoms with Gasteiger partial charge in [0.2, 0.25) is 5.91 Å². The normalized spacial score (nSPS) is 29.8. The van der Waals surface area contributed by atoms with E-state index in [1.54, 1.807) is 0 Å². The Bertz CT molecular complexity index is 624. The molecule has 3 aliphatic rings.